The zero-order chi connectivity index (χ0) is 74.2. The van der Waals surface area contributed by atoms with E-state index < -0.39 is 76.8 Å². The quantitative estimate of drug-likeness (QED) is 0.00475. The van der Waals surface area contributed by atoms with Crippen molar-refractivity contribution in [3.8, 4) is 23.7 Å². The van der Waals surface area contributed by atoms with Crippen LogP contribution >= 0.6 is 15.6 Å². The van der Waals surface area contributed by atoms with E-state index in [2.05, 4.69) is 110 Å². The number of aromatic nitrogens is 9. The van der Waals surface area contributed by atoms with Crippen molar-refractivity contribution in [3.05, 3.63) is 54.7 Å². The number of nitrogens with one attached hydrogen (secondary N) is 8. The van der Waals surface area contributed by atoms with Crippen LogP contribution in [0.2, 0.25) is 0 Å². The topological polar surface area (TPSA) is 629 Å². The van der Waals surface area contributed by atoms with Crippen LogP contribution in [0.3, 0.4) is 0 Å². The first-order valence-corrected chi connectivity index (χ1v) is 35.2. The van der Waals surface area contributed by atoms with E-state index in [0.717, 1.165) is 0 Å². The summed E-state index contributed by atoms with van der Waals surface area (Å²) in [5.74, 6) is 9.80. The Balaban J connectivity index is 0.633. The largest absolute Gasteiger partial charge is 0.469 e. The minimum atomic E-state index is -4.82. The third kappa shape index (κ3) is 28.7. The molecule has 5 aromatic rings. The highest BCUT2D eigenvalue weighted by Gasteiger charge is 2.39. The summed E-state index contributed by atoms with van der Waals surface area (Å²) in [6, 6.07) is 0. The maximum absolute atomic E-state index is 12.8. The number of aliphatic hydroxyl groups excluding tert-OH is 2. The smallest absolute Gasteiger partial charge is 0.390 e. The van der Waals surface area contributed by atoms with Crippen molar-refractivity contribution in [3.63, 3.8) is 0 Å². The fourth-order valence-corrected chi connectivity index (χ4v) is 10.4. The number of aromatic amines is 2. The number of anilines is 4. The molecule has 0 aliphatic carbocycles. The first-order chi connectivity index (χ1) is 49.4. The van der Waals surface area contributed by atoms with Crippen molar-refractivity contribution in [2.24, 2.45) is 5.11 Å². The minimum absolute atomic E-state index is 0.0238. The molecule has 18 N–H and O–H groups in total. The lowest BCUT2D eigenvalue weighted by Gasteiger charge is -2.16. The summed E-state index contributed by atoms with van der Waals surface area (Å²) in [5.41, 5.74) is 19.9. The van der Waals surface area contributed by atoms with E-state index in [-0.39, 0.29) is 230 Å². The molecule has 0 radical (unpaired) electrons. The number of hydrogen-bond acceptors (Lipinski definition) is 30. The molecule has 7 rings (SSSR count). The van der Waals surface area contributed by atoms with Crippen LogP contribution in [-0.2, 0) is 75.3 Å². The van der Waals surface area contributed by atoms with Gasteiger partial charge in [0.2, 0.25) is 53.4 Å². The van der Waals surface area contributed by atoms with Gasteiger partial charge in [0.15, 0.2) is 11.3 Å². The van der Waals surface area contributed by atoms with Crippen LogP contribution in [0.25, 0.3) is 32.5 Å². The fraction of sp³-hybridized carbons (Fsp3) is 0.596. The standard InChI is InChI=1S/C57H82N20O24P2/c58-53-67-49-47(51(84)69-53)35(31-76(49)45-29-37(78)39(100-45)33-98-102(86,87)88)5-1-11-61-43(82)9-19-94-25-27-96-21-13-63-41(80)7-3-17-92-23-15-65-55-71-56(73-57(72-55)74-75-60)66-16-24-93-18-4-8-42(81)64-14-22-97-28-26-95-20-10-44(83)62-12-2-6-36-32-77(50-48(36)52(85)70-54(59)68-50)46-30-38(79)40(101-46)34-99-103(89,90)91/h31-32,37-40,45-46,78-79H,3-4,7-30,33-34H2,(H,61,82)(H,62,83)(H,63,80)(H,64,81)(H2,86,87,88)(H2,89,90,91)(H3,58,67,69,84)(H3,59,68,70,85)(H2,65,66,71,72,73)/t37-,38-,39-,40-,45-,46-/m1/s1. The average Bonchev–Trinajstić information content (AvgIpc) is 1.62. The molecule has 0 bridgehead atoms. The fourth-order valence-electron chi connectivity index (χ4n) is 9.75. The van der Waals surface area contributed by atoms with E-state index in [4.69, 9.17) is 74.5 Å². The summed E-state index contributed by atoms with van der Waals surface area (Å²) in [6.07, 6.45) is -2.03. The second kappa shape index (κ2) is 42.1. The zero-order valence-electron chi connectivity index (χ0n) is 55.5. The van der Waals surface area contributed by atoms with Crippen LogP contribution in [0.1, 0.15) is 74.9 Å². The zero-order valence-corrected chi connectivity index (χ0v) is 57.3. The molecule has 103 heavy (non-hydrogen) atoms. The number of fused-ring (bicyclic) bond motifs is 2. The predicted octanol–water partition coefficient (Wildman–Crippen LogP) is -2.60. The lowest BCUT2D eigenvalue weighted by atomic mass is 10.2. The van der Waals surface area contributed by atoms with Crippen molar-refractivity contribution >= 4 is 91.1 Å². The molecule has 2 saturated heterocycles. The van der Waals surface area contributed by atoms with Gasteiger partial charge < -0.3 is 120 Å². The number of azide groups is 1. The third-order valence-corrected chi connectivity index (χ3v) is 15.4. The monoisotopic (exact) mass is 1490 g/mol. The Bertz CT molecular complexity index is 3800. The number of phosphoric acid groups is 2. The molecule has 2 fully saturated rings. The summed E-state index contributed by atoms with van der Waals surface area (Å²) >= 11 is 0. The van der Waals surface area contributed by atoms with Crippen LogP contribution in [0.5, 0.6) is 0 Å². The number of ether oxygens (including phenoxy) is 8. The van der Waals surface area contributed by atoms with Crippen molar-refractivity contribution < 1.29 is 105 Å². The maximum atomic E-state index is 12.8. The van der Waals surface area contributed by atoms with Crippen LogP contribution in [-0.4, -0.2) is 254 Å². The minimum Gasteiger partial charge on any atom is -0.390 e. The van der Waals surface area contributed by atoms with E-state index in [1.54, 1.807) is 0 Å². The van der Waals surface area contributed by atoms with Gasteiger partial charge in [-0.25, -0.2) is 9.13 Å². The van der Waals surface area contributed by atoms with Crippen LogP contribution in [0.4, 0.5) is 29.7 Å². The Morgan fingerprint density at radius 2 is 0.961 bits per heavy atom. The molecular weight excluding hydrogens is 1410 g/mol. The number of nitrogens with zero attached hydrogens (tertiary/aromatic N) is 10. The second-order valence-corrected chi connectivity index (χ2v) is 24.7. The van der Waals surface area contributed by atoms with Gasteiger partial charge in [-0.05, 0) is 23.5 Å². The Morgan fingerprint density at radius 1 is 0.573 bits per heavy atom. The van der Waals surface area contributed by atoms with Crippen LogP contribution in [0.15, 0.2) is 27.1 Å². The molecule has 0 unspecified atom stereocenters. The van der Waals surface area contributed by atoms with Gasteiger partial charge in [0.25, 0.3) is 11.1 Å². The molecular formula is C57H82N20O24P2. The number of carbonyl (C=O) groups excluding carboxylic acids is 4. The highest BCUT2D eigenvalue weighted by molar-refractivity contribution is 7.46. The van der Waals surface area contributed by atoms with Gasteiger partial charge in [0.05, 0.1) is 126 Å². The lowest BCUT2D eigenvalue weighted by molar-refractivity contribution is -0.123. The molecule has 2 aliphatic heterocycles. The summed E-state index contributed by atoms with van der Waals surface area (Å²) in [5, 5.41) is 41.2. The van der Waals surface area contributed by atoms with Gasteiger partial charge in [0, 0.05) is 95.2 Å². The van der Waals surface area contributed by atoms with E-state index in [1.807, 2.05) is 0 Å². The van der Waals surface area contributed by atoms with Gasteiger partial charge in [-0.3, -0.25) is 47.8 Å². The number of rotatable bonds is 45. The van der Waals surface area contributed by atoms with E-state index in [0.29, 0.717) is 26.1 Å². The van der Waals surface area contributed by atoms with Crippen molar-refractivity contribution in [2.75, 3.05) is 154 Å². The highest BCUT2D eigenvalue weighted by atomic mass is 31.2. The number of H-pyrrole nitrogens is 2. The molecule has 5 aromatic heterocycles. The van der Waals surface area contributed by atoms with Gasteiger partial charge >= 0.3 is 15.6 Å². The Hall–Kier alpha value is -8.82. The average molecular weight is 1490 g/mol. The van der Waals surface area contributed by atoms with Gasteiger partial charge in [-0.15, -0.1) is 0 Å². The van der Waals surface area contributed by atoms with Crippen molar-refractivity contribution in [1.82, 2.24) is 65.3 Å². The van der Waals surface area contributed by atoms with E-state index >= 15 is 0 Å². The molecule has 2 aliphatic rings. The summed E-state index contributed by atoms with van der Waals surface area (Å²) in [4.78, 5) is 140. The molecule has 564 valence electrons. The SMILES string of the molecule is [N-]=[N+]=Nc1nc(NCCOCCCC(=O)NCCOCCOCCC(=O)NCC#Cc2cn([C@H]3C[C@@H](O)[C@@H](COP(=O)(O)O)O3)c3nc(N)[nH]c(=O)c23)nc(NCCOCCCC(=O)NCCOCCOCCC(=O)NCC#Cc2cn([C@H]3C[C@@H](O)[C@@H](COP(=O)(O)O)O3)c3nc(N)[nH]c(=O)c23)n1. The Morgan fingerprint density at radius 3 is 1.37 bits per heavy atom. The Kier molecular flexibility index (Phi) is 33.3. The molecule has 0 spiro atoms. The molecule has 46 heteroatoms. The molecule has 0 saturated carbocycles. The second-order valence-electron chi connectivity index (χ2n) is 22.2. The highest BCUT2D eigenvalue weighted by Crippen LogP contribution is 2.40. The van der Waals surface area contributed by atoms with Crippen LogP contribution in [0, 0.1) is 23.7 Å². The first kappa shape index (κ1) is 81.5. The van der Waals surface area contributed by atoms with Crippen molar-refractivity contribution in [2.45, 2.75) is 88.2 Å². The molecule has 44 nitrogen and oxygen atoms in total. The maximum Gasteiger partial charge on any atom is 0.469 e. The number of carbonyl (C=O) groups is 4. The normalized spacial score (nSPS) is 17.3. The molecule has 7 heterocycles. The number of hydrogen-bond donors (Lipinski definition) is 16. The number of nitrogens with two attached hydrogens (primary N) is 2. The first-order valence-electron chi connectivity index (χ1n) is 32.1. The predicted molar refractivity (Wildman–Crippen MR) is 359 cm³/mol. The Labute approximate surface area is 585 Å². The van der Waals surface area contributed by atoms with Gasteiger partial charge in [-0.2, -0.15) is 24.9 Å². The van der Waals surface area contributed by atoms with Crippen LogP contribution < -0.4 is 54.5 Å². The molecule has 6 atom stereocenters. The number of aliphatic hydroxyl groups is 2. The molecule has 0 aromatic carbocycles. The third-order valence-electron chi connectivity index (χ3n) is 14.5. The summed E-state index contributed by atoms with van der Waals surface area (Å²) in [7, 11) is -9.65. The van der Waals surface area contributed by atoms with E-state index in [9.17, 15) is 48.1 Å². The number of amides is 4. The number of nitrogen functional groups attached to an aromatic ring is 2. The summed E-state index contributed by atoms with van der Waals surface area (Å²) in [6.45, 7) is 2.34. The summed E-state index contributed by atoms with van der Waals surface area (Å²) < 4.78 is 78.8. The van der Waals surface area contributed by atoms with Gasteiger partial charge in [0.1, 0.15) is 24.7 Å². The van der Waals surface area contributed by atoms with Crippen molar-refractivity contribution in [1.29, 1.82) is 0 Å². The number of phosphoric ester groups is 2. The van der Waals surface area contributed by atoms with E-state index in [1.165, 1.54) is 21.5 Å². The van der Waals surface area contributed by atoms with Gasteiger partial charge in [-0.1, -0.05) is 23.7 Å². The lowest BCUT2D eigenvalue weighted by Crippen LogP contribution is -2.28. The molecule has 4 amide bonds.